The largest absolute Gasteiger partial charge is 0.479 e. The van der Waals surface area contributed by atoms with Gasteiger partial charge in [0.05, 0.1) is 30.1 Å². The second kappa shape index (κ2) is 10.6. The van der Waals surface area contributed by atoms with Gasteiger partial charge in [-0.1, -0.05) is 23.2 Å². The van der Waals surface area contributed by atoms with Crippen LogP contribution in [0.1, 0.15) is 6.92 Å². The molecule has 3 rings (SSSR count). The molecular weight excluding hydrogens is 417 g/mol. The molecule has 156 valence electrons. The van der Waals surface area contributed by atoms with Gasteiger partial charge in [0.1, 0.15) is 12.4 Å². The van der Waals surface area contributed by atoms with Crippen molar-refractivity contribution in [3.8, 4) is 11.6 Å². The number of carbonyl (C=O) groups excluding carboxylic acids is 1. The van der Waals surface area contributed by atoms with Crippen LogP contribution in [0, 0.1) is 0 Å². The van der Waals surface area contributed by atoms with Gasteiger partial charge in [0.2, 0.25) is 5.88 Å². The molecule has 0 bridgehead atoms. The Hall–Kier alpha value is -2.06. The predicted octanol–water partition coefficient (Wildman–Crippen LogP) is 3.51. The van der Waals surface area contributed by atoms with Crippen LogP contribution in [0.5, 0.6) is 11.6 Å². The van der Waals surface area contributed by atoms with Gasteiger partial charge in [0.25, 0.3) is 5.91 Å². The van der Waals surface area contributed by atoms with Crippen molar-refractivity contribution >= 4 is 34.8 Å². The number of morpholine rings is 1. The molecule has 1 atom stereocenters. The fraction of sp³-hybridized carbons (Fsp3) is 0.400. The van der Waals surface area contributed by atoms with E-state index in [1.807, 2.05) is 0 Å². The number of amides is 1. The van der Waals surface area contributed by atoms with E-state index in [4.69, 9.17) is 37.4 Å². The summed E-state index contributed by atoms with van der Waals surface area (Å²) >= 11 is 11.9. The zero-order valence-corrected chi connectivity index (χ0v) is 17.6. The van der Waals surface area contributed by atoms with E-state index in [-0.39, 0.29) is 5.91 Å². The van der Waals surface area contributed by atoms with Crippen molar-refractivity contribution in [3.63, 3.8) is 0 Å². The van der Waals surface area contributed by atoms with E-state index in [1.165, 1.54) is 0 Å². The fourth-order valence-electron chi connectivity index (χ4n) is 2.70. The lowest BCUT2D eigenvalue weighted by Gasteiger charge is -2.26. The highest BCUT2D eigenvalue weighted by atomic mass is 35.5. The first-order valence-electron chi connectivity index (χ1n) is 9.33. The molecule has 1 aliphatic heterocycles. The average Bonchev–Trinajstić information content (AvgIpc) is 2.72. The quantitative estimate of drug-likeness (QED) is 0.678. The third-order valence-electron chi connectivity index (χ3n) is 4.33. The highest BCUT2D eigenvalue weighted by molar-refractivity contribution is 6.35. The Morgan fingerprint density at radius 3 is 2.76 bits per heavy atom. The molecule has 9 heteroatoms. The minimum Gasteiger partial charge on any atom is -0.479 e. The van der Waals surface area contributed by atoms with Crippen molar-refractivity contribution in [3.05, 3.63) is 46.6 Å². The van der Waals surface area contributed by atoms with E-state index in [1.54, 1.807) is 43.5 Å². The lowest BCUT2D eigenvalue weighted by Crippen LogP contribution is -2.38. The van der Waals surface area contributed by atoms with Crippen molar-refractivity contribution in [1.82, 2.24) is 9.88 Å². The summed E-state index contributed by atoms with van der Waals surface area (Å²) in [6.45, 7) is 6.37. The van der Waals surface area contributed by atoms with E-state index >= 15 is 0 Å². The van der Waals surface area contributed by atoms with Gasteiger partial charge in [0.15, 0.2) is 6.10 Å². The molecule has 0 spiro atoms. The maximum Gasteiger partial charge on any atom is 0.265 e. The summed E-state index contributed by atoms with van der Waals surface area (Å²) in [5, 5.41) is 3.60. The summed E-state index contributed by atoms with van der Waals surface area (Å²) < 4.78 is 16.6. The molecule has 1 unspecified atom stereocenters. The summed E-state index contributed by atoms with van der Waals surface area (Å²) in [7, 11) is 0. The molecule has 1 N–H and O–H groups in total. The van der Waals surface area contributed by atoms with Crippen LogP contribution >= 0.6 is 23.2 Å². The lowest BCUT2D eigenvalue weighted by molar-refractivity contribution is -0.122. The van der Waals surface area contributed by atoms with Crippen LogP contribution in [-0.2, 0) is 9.53 Å². The molecule has 1 fully saturated rings. The number of benzene rings is 1. The van der Waals surface area contributed by atoms with Crippen LogP contribution in [0.3, 0.4) is 0 Å². The monoisotopic (exact) mass is 439 g/mol. The van der Waals surface area contributed by atoms with E-state index in [0.29, 0.717) is 34.0 Å². The maximum atomic E-state index is 12.3. The highest BCUT2D eigenvalue weighted by Gasteiger charge is 2.17. The fourth-order valence-corrected chi connectivity index (χ4v) is 3.16. The summed E-state index contributed by atoms with van der Waals surface area (Å²) in [4.78, 5) is 18.9. The smallest absolute Gasteiger partial charge is 0.265 e. The molecule has 2 heterocycles. The van der Waals surface area contributed by atoms with Crippen LogP contribution in [-0.4, -0.2) is 61.3 Å². The van der Waals surface area contributed by atoms with E-state index in [9.17, 15) is 4.79 Å². The molecule has 0 saturated carbocycles. The van der Waals surface area contributed by atoms with Gasteiger partial charge in [0, 0.05) is 30.7 Å². The number of hydrogen-bond acceptors (Lipinski definition) is 6. The van der Waals surface area contributed by atoms with Gasteiger partial charge < -0.3 is 19.5 Å². The minimum atomic E-state index is -0.752. The molecule has 0 aliphatic carbocycles. The Balaban J connectivity index is 1.45. The number of pyridine rings is 1. The molecule has 1 aromatic heterocycles. The SMILES string of the molecule is CC(Oc1ccc(Cl)cc1Cl)C(=O)Nc1ccc(OCCN2CCOCC2)nc1. The predicted molar refractivity (Wildman–Crippen MR) is 112 cm³/mol. The number of nitrogens with zero attached hydrogens (tertiary/aromatic N) is 2. The van der Waals surface area contributed by atoms with Crippen LogP contribution in [0.15, 0.2) is 36.5 Å². The molecule has 7 nitrogen and oxygen atoms in total. The van der Waals surface area contributed by atoms with Crippen LogP contribution in [0.4, 0.5) is 5.69 Å². The number of hydrogen-bond donors (Lipinski definition) is 1. The number of rotatable bonds is 8. The number of ether oxygens (including phenoxy) is 3. The zero-order valence-electron chi connectivity index (χ0n) is 16.1. The number of anilines is 1. The molecule has 1 aromatic carbocycles. The lowest BCUT2D eigenvalue weighted by atomic mass is 10.3. The third-order valence-corrected chi connectivity index (χ3v) is 4.86. The third kappa shape index (κ3) is 6.75. The molecule has 29 heavy (non-hydrogen) atoms. The van der Waals surface area contributed by atoms with Crippen molar-refractivity contribution in [2.75, 3.05) is 44.8 Å². The Morgan fingerprint density at radius 2 is 2.07 bits per heavy atom. The zero-order chi connectivity index (χ0) is 20.6. The number of aromatic nitrogens is 1. The van der Waals surface area contributed by atoms with Crippen molar-refractivity contribution in [1.29, 1.82) is 0 Å². The Morgan fingerprint density at radius 1 is 1.28 bits per heavy atom. The standard InChI is InChI=1S/C20H23Cl2N3O4/c1-14(29-18-4-2-15(21)12-17(18)22)20(26)24-16-3-5-19(23-13-16)28-11-8-25-6-9-27-10-7-25/h2-5,12-14H,6-11H2,1H3,(H,24,26). The topological polar surface area (TPSA) is 72.9 Å². The van der Waals surface area contributed by atoms with Gasteiger partial charge in [-0.3, -0.25) is 9.69 Å². The molecule has 1 saturated heterocycles. The summed E-state index contributed by atoms with van der Waals surface area (Å²) in [6, 6.07) is 8.28. The molecule has 1 aliphatic rings. The number of carbonyl (C=O) groups is 1. The van der Waals surface area contributed by atoms with Gasteiger partial charge in [-0.05, 0) is 31.2 Å². The second-order valence-electron chi connectivity index (χ2n) is 6.51. The van der Waals surface area contributed by atoms with Crippen LogP contribution in [0.25, 0.3) is 0 Å². The Labute approximate surface area is 179 Å². The van der Waals surface area contributed by atoms with Gasteiger partial charge in [-0.25, -0.2) is 4.98 Å². The summed E-state index contributed by atoms with van der Waals surface area (Å²) in [6.07, 6.45) is 0.794. The second-order valence-corrected chi connectivity index (χ2v) is 7.36. The molecule has 0 radical (unpaired) electrons. The first-order valence-corrected chi connectivity index (χ1v) is 10.1. The molecule has 1 amide bonds. The van der Waals surface area contributed by atoms with Gasteiger partial charge >= 0.3 is 0 Å². The Kier molecular flexibility index (Phi) is 7.94. The van der Waals surface area contributed by atoms with E-state index < -0.39 is 6.10 Å². The minimum absolute atomic E-state index is 0.321. The van der Waals surface area contributed by atoms with Gasteiger partial charge in [-0.15, -0.1) is 0 Å². The number of halogens is 2. The van der Waals surface area contributed by atoms with Crippen LogP contribution in [0.2, 0.25) is 10.0 Å². The van der Waals surface area contributed by atoms with Crippen molar-refractivity contribution in [2.45, 2.75) is 13.0 Å². The number of nitrogens with one attached hydrogen (secondary N) is 1. The van der Waals surface area contributed by atoms with Crippen molar-refractivity contribution < 1.29 is 19.0 Å². The molecule has 2 aromatic rings. The average molecular weight is 440 g/mol. The maximum absolute atomic E-state index is 12.3. The summed E-state index contributed by atoms with van der Waals surface area (Å²) in [5.41, 5.74) is 0.549. The van der Waals surface area contributed by atoms with E-state index in [0.717, 1.165) is 32.8 Å². The van der Waals surface area contributed by atoms with E-state index in [2.05, 4.69) is 15.2 Å². The summed E-state index contributed by atoms with van der Waals surface area (Å²) in [5.74, 6) is 0.577. The van der Waals surface area contributed by atoms with Crippen molar-refractivity contribution in [2.24, 2.45) is 0 Å². The highest BCUT2D eigenvalue weighted by Crippen LogP contribution is 2.28. The Bertz CT molecular complexity index is 814. The van der Waals surface area contributed by atoms with Gasteiger partial charge in [-0.2, -0.15) is 0 Å². The van der Waals surface area contributed by atoms with Crippen LogP contribution < -0.4 is 14.8 Å². The normalized spacial score (nSPS) is 15.6. The molecular formula is C20H23Cl2N3O4. The first-order chi connectivity index (χ1) is 14.0. The first kappa shape index (κ1) is 21.6.